The van der Waals surface area contributed by atoms with Crippen LogP contribution in [-0.4, -0.2) is 49.1 Å². The summed E-state index contributed by atoms with van der Waals surface area (Å²) in [7, 11) is 0. The number of aryl methyl sites for hydroxylation is 1. The van der Waals surface area contributed by atoms with E-state index in [1.165, 1.54) is 0 Å². The second-order valence-electron chi connectivity index (χ2n) is 6.67. The molecule has 2 amide bonds. The number of carbonyl (C=O) groups is 2. The molecule has 2 aliphatic rings. The topological polar surface area (TPSA) is 70.7 Å². The fraction of sp³-hybridized carbons (Fsp3) is 0.556. The highest BCUT2D eigenvalue weighted by atomic mass is 16.5. The number of rotatable bonds is 5. The maximum Gasteiger partial charge on any atom is 0.242 e. The highest BCUT2D eigenvalue weighted by Gasteiger charge is 2.29. The summed E-state index contributed by atoms with van der Waals surface area (Å²) in [4.78, 5) is 26.0. The van der Waals surface area contributed by atoms with Crippen LogP contribution in [0.3, 0.4) is 0 Å². The van der Waals surface area contributed by atoms with Gasteiger partial charge in [-0.3, -0.25) is 9.59 Å². The van der Waals surface area contributed by atoms with Crippen molar-refractivity contribution in [1.82, 2.24) is 4.90 Å². The Labute approximate surface area is 142 Å². The number of nitrogens with one attached hydrogen (secondary N) is 2. The quantitative estimate of drug-likeness (QED) is 0.866. The molecule has 0 bridgehead atoms. The predicted octanol–water partition coefficient (Wildman–Crippen LogP) is 2.00. The molecule has 0 radical (unpaired) electrons. The molecule has 130 valence electrons. The lowest BCUT2D eigenvalue weighted by Gasteiger charge is -2.31. The molecular weight excluding hydrogens is 306 g/mol. The van der Waals surface area contributed by atoms with E-state index < -0.39 is 0 Å². The standard InChI is InChI=1S/C18H25N3O3/c1-12-3-6-15(20-18(23)14-4-5-14)9-16(12)19-10-17(22)21-7-8-24-13(2)11-21/h3,6,9,13-14,19H,4-5,7-8,10-11H2,1-2H3,(H,20,23). The molecule has 3 rings (SSSR count). The van der Waals surface area contributed by atoms with Crippen LogP contribution < -0.4 is 10.6 Å². The Morgan fingerprint density at radius 2 is 2.12 bits per heavy atom. The van der Waals surface area contributed by atoms with Crippen molar-refractivity contribution in [3.8, 4) is 0 Å². The highest BCUT2D eigenvalue weighted by molar-refractivity contribution is 5.94. The van der Waals surface area contributed by atoms with E-state index in [1.807, 2.05) is 36.9 Å². The van der Waals surface area contributed by atoms with Crippen LogP contribution in [0.5, 0.6) is 0 Å². The van der Waals surface area contributed by atoms with Gasteiger partial charge >= 0.3 is 0 Å². The molecular formula is C18H25N3O3. The molecule has 1 aromatic rings. The number of nitrogens with zero attached hydrogens (tertiary/aromatic N) is 1. The van der Waals surface area contributed by atoms with Crippen LogP contribution in [-0.2, 0) is 14.3 Å². The van der Waals surface area contributed by atoms with E-state index in [0.29, 0.717) is 19.7 Å². The Morgan fingerprint density at radius 3 is 2.83 bits per heavy atom. The number of benzene rings is 1. The predicted molar refractivity (Wildman–Crippen MR) is 93.0 cm³/mol. The van der Waals surface area contributed by atoms with Crippen molar-refractivity contribution in [3.63, 3.8) is 0 Å². The van der Waals surface area contributed by atoms with E-state index >= 15 is 0 Å². The lowest BCUT2D eigenvalue weighted by atomic mass is 10.1. The monoisotopic (exact) mass is 331 g/mol. The smallest absolute Gasteiger partial charge is 0.242 e. The minimum absolute atomic E-state index is 0.0666. The van der Waals surface area contributed by atoms with Gasteiger partial charge in [0.1, 0.15) is 0 Å². The molecule has 1 atom stereocenters. The zero-order valence-corrected chi connectivity index (χ0v) is 14.3. The van der Waals surface area contributed by atoms with Gasteiger partial charge < -0.3 is 20.3 Å². The van der Waals surface area contributed by atoms with E-state index in [0.717, 1.165) is 29.8 Å². The number of amides is 2. The number of hydrogen-bond acceptors (Lipinski definition) is 4. The minimum Gasteiger partial charge on any atom is -0.376 e. The second kappa shape index (κ2) is 7.21. The van der Waals surface area contributed by atoms with Gasteiger partial charge in [0.15, 0.2) is 0 Å². The Balaban J connectivity index is 1.57. The number of morpholine rings is 1. The largest absolute Gasteiger partial charge is 0.376 e. The normalized spacial score (nSPS) is 20.6. The maximum absolute atomic E-state index is 12.3. The highest BCUT2D eigenvalue weighted by Crippen LogP contribution is 2.30. The SMILES string of the molecule is Cc1ccc(NC(=O)C2CC2)cc1NCC(=O)N1CCOC(C)C1. The summed E-state index contributed by atoms with van der Waals surface area (Å²) in [6.07, 6.45) is 2.05. The van der Waals surface area contributed by atoms with Crippen LogP contribution in [0.15, 0.2) is 18.2 Å². The summed E-state index contributed by atoms with van der Waals surface area (Å²) >= 11 is 0. The van der Waals surface area contributed by atoms with E-state index in [2.05, 4.69) is 10.6 Å². The van der Waals surface area contributed by atoms with Gasteiger partial charge in [-0.15, -0.1) is 0 Å². The molecule has 1 aliphatic heterocycles. The summed E-state index contributed by atoms with van der Waals surface area (Å²) in [6.45, 7) is 6.07. The van der Waals surface area contributed by atoms with Gasteiger partial charge in [0.05, 0.1) is 19.3 Å². The van der Waals surface area contributed by atoms with Crippen molar-refractivity contribution in [2.45, 2.75) is 32.8 Å². The zero-order valence-electron chi connectivity index (χ0n) is 14.3. The van der Waals surface area contributed by atoms with E-state index in [9.17, 15) is 9.59 Å². The van der Waals surface area contributed by atoms with Gasteiger partial charge in [0, 0.05) is 30.4 Å². The summed E-state index contributed by atoms with van der Waals surface area (Å²) in [5, 5.41) is 6.14. The third kappa shape index (κ3) is 4.26. The number of ether oxygens (including phenoxy) is 1. The van der Waals surface area contributed by atoms with Gasteiger partial charge in [0.2, 0.25) is 11.8 Å². The van der Waals surface area contributed by atoms with Crippen LogP contribution in [0.4, 0.5) is 11.4 Å². The van der Waals surface area contributed by atoms with Crippen LogP contribution >= 0.6 is 0 Å². The fourth-order valence-electron chi connectivity index (χ4n) is 2.81. The first-order valence-electron chi connectivity index (χ1n) is 8.57. The first kappa shape index (κ1) is 16.8. The van der Waals surface area contributed by atoms with Crippen LogP contribution in [0.1, 0.15) is 25.3 Å². The molecule has 1 unspecified atom stereocenters. The molecule has 2 N–H and O–H groups in total. The Morgan fingerprint density at radius 1 is 1.33 bits per heavy atom. The molecule has 1 aliphatic carbocycles. The Hall–Kier alpha value is -2.08. The summed E-state index contributed by atoms with van der Waals surface area (Å²) in [5.41, 5.74) is 2.69. The number of hydrogen-bond donors (Lipinski definition) is 2. The molecule has 1 aromatic carbocycles. The molecule has 2 fully saturated rings. The third-order valence-electron chi connectivity index (χ3n) is 4.48. The molecule has 1 heterocycles. The van der Waals surface area contributed by atoms with Gasteiger partial charge in [-0.05, 0) is 44.4 Å². The molecule has 6 nitrogen and oxygen atoms in total. The van der Waals surface area contributed by atoms with Gasteiger partial charge in [-0.1, -0.05) is 6.07 Å². The summed E-state index contributed by atoms with van der Waals surface area (Å²) in [5.74, 6) is 0.327. The van der Waals surface area contributed by atoms with Crippen LogP contribution in [0.2, 0.25) is 0 Å². The first-order chi connectivity index (χ1) is 11.5. The van der Waals surface area contributed by atoms with Gasteiger partial charge in [0.25, 0.3) is 0 Å². The van der Waals surface area contributed by atoms with E-state index in [1.54, 1.807) is 0 Å². The van der Waals surface area contributed by atoms with Crippen molar-refractivity contribution >= 4 is 23.2 Å². The lowest BCUT2D eigenvalue weighted by Crippen LogP contribution is -2.46. The van der Waals surface area contributed by atoms with Crippen molar-refractivity contribution in [2.75, 3.05) is 36.9 Å². The molecule has 0 aromatic heterocycles. The lowest BCUT2D eigenvalue weighted by molar-refractivity contribution is -0.136. The molecule has 6 heteroatoms. The first-order valence-corrected chi connectivity index (χ1v) is 8.57. The zero-order chi connectivity index (χ0) is 17.1. The van der Waals surface area contributed by atoms with E-state index in [-0.39, 0.29) is 30.4 Å². The van der Waals surface area contributed by atoms with Gasteiger partial charge in [-0.25, -0.2) is 0 Å². The van der Waals surface area contributed by atoms with E-state index in [4.69, 9.17) is 4.74 Å². The van der Waals surface area contributed by atoms with Crippen LogP contribution in [0.25, 0.3) is 0 Å². The van der Waals surface area contributed by atoms with Crippen molar-refractivity contribution in [1.29, 1.82) is 0 Å². The molecule has 1 saturated carbocycles. The minimum atomic E-state index is 0.0666. The Kier molecular flexibility index (Phi) is 5.04. The molecule has 1 saturated heterocycles. The average molecular weight is 331 g/mol. The van der Waals surface area contributed by atoms with Crippen molar-refractivity contribution in [2.24, 2.45) is 5.92 Å². The average Bonchev–Trinajstić information content (AvgIpc) is 3.40. The van der Waals surface area contributed by atoms with Crippen molar-refractivity contribution in [3.05, 3.63) is 23.8 Å². The summed E-state index contributed by atoms with van der Waals surface area (Å²) < 4.78 is 5.46. The molecule has 0 spiro atoms. The Bertz CT molecular complexity index is 628. The third-order valence-corrected chi connectivity index (χ3v) is 4.48. The fourth-order valence-corrected chi connectivity index (χ4v) is 2.81. The van der Waals surface area contributed by atoms with Crippen LogP contribution in [0, 0.1) is 12.8 Å². The number of anilines is 2. The maximum atomic E-state index is 12.3. The van der Waals surface area contributed by atoms with Gasteiger partial charge in [-0.2, -0.15) is 0 Å². The molecule has 24 heavy (non-hydrogen) atoms. The summed E-state index contributed by atoms with van der Waals surface area (Å²) in [6, 6.07) is 5.74. The second-order valence-corrected chi connectivity index (χ2v) is 6.67. The van der Waals surface area contributed by atoms with Crippen molar-refractivity contribution < 1.29 is 14.3 Å². The number of carbonyl (C=O) groups excluding carboxylic acids is 2.